The lowest BCUT2D eigenvalue weighted by Crippen LogP contribution is -2.22. The largest absolute Gasteiger partial charge is 0.545 e. The van der Waals surface area contributed by atoms with Crippen molar-refractivity contribution in [2.75, 3.05) is 0 Å². The Morgan fingerprint density at radius 3 is 2.38 bits per heavy atom. The monoisotopic (exact) mass is 433 g/mol. The van der Waals surface area contributed by atoms with Crippen LogP contribution in [-0.4, -0.2) is 22.0 Å². The first kappa shape index (κ1) is 23.0. The van der Waals surface area contributed by atoms with E-state index in [-0.39, 0.29) is 29.3 Å². The number of rotatable bonds is 9. The molecule has 6 heteroatoms. The third-order valence-electron chi connectivity index (χ3n) is 5.25. The second-order valence-electron chi connectivity index (χ2n) is 7.59. The molecular formula is C26H25O6-. The van der Waals surface area contributed by atoms with E-state index in [2.05, 4.69) is 0 Å². The highest BCUT2D eigenvalue weighted by molar-refractivity contribution is 5.97. The van der Waals surface area contributed by atoms with Crippen molar-refractivity contribution in [3.05, 3.63) is 94.0 Å². The van der Waals surface area contributed by atoms with E-state index in [1.54, 1.807) is 36.4 Å². The number of aromatic carboxylic acids is 1. The SMILES string of the molecule is CCCc1c(OCc2ccc(C(O)c3cccc(C(=O)[O-])c3)cc2)ccc(C(C)=O)c1O. The fourth-order valence-electron chi connectivity index (χ4n) is 3.51. The maximum Gasteiger partial charge on any atom is 0.163 e. The van der Waals surface area contributed by atoms with Gasteiger partial charge in [-0.3, -0.25) is 4.79 Å². The zero-order valence-corrected chi connectivity index (χ0v) is 18.0. The number of hydrogen-bond acceptors (Lipinski definition) is 6. The smallest absolute Gasteiger partial charge is 0.163 e. The van der Waals surface area contributed by atoms with E-state index in [1.165, 1.54) is 19.1 Å². The van der Waals surface area contributed by atoms with Crippen LogP contribution in [0.25, 0.3) is 0 Å². The Kier molecular flexibility index (Phi) is 7.28. The Hall–Kier alpha value is -3.64. The summed E-state index contributed by atoms with van der Waals surface area (Å²) in [6.45, 7) is 3.64. The number of carboxylic acid groups (broad SMARTS) is 1. The van der Waals surface area contributed by atoms with Crippen molar-refractivity contribution in [1.82, 2.24) is 0 Å². The molecule has 166 valence electrons. The number of aliphatic hydroxyl groups is 1. The van der Waals surface area contributed by atoms with Crippen molar-refractivity contribution < 1.29 is 29.6 Å². The topological polar surface area (TPSA) is 107 Å². The molecule has 3 aromatic rings. The van der Waals surface area contributed by atoms with E-state index >= 15 is 0 Å². The standard InChI is InChI=1S/C26H26O6/c1-3-5-22-23(13-12-21(16(2)27)25(22)29)32-15-17-8-10-18(11-9-17)24(28)19-6-4-7-20(14-19)26(30)31/h4,6-14,24,28-29H,3,5,15H2,1-2H3,(H,30,31)/p-1. The van der Waals surface area contributed by atoms with Gasteiger partial charge in [0, 0.05) is 5.56 Å². The summed E-state index contributed by atoms with van der Waals surface area (Å²) in [7, 11) is 0. The number of aliphatic hydroxyl groups excluding tert-OH is 1. The van der Waals surface area contributed by atoms with Gasteiger partial charge in [0.1, 0.15) is 24.2 Å². The summed E-state index contributed by atoms with van der Waals surface area (Å²) in [5.41, 5.74) is 2.82. The van der Waals surface area contributed by atoms with Gasteiger partial charge in [-0.05, 0) is 53.8 Å². The van der Waals surface area contributed by atoms with Crippen LogP contribution in [0.4, 0.5) is 0 Å². The van der Waals surface area contributed by atoms with Crippen molar-refractivity contribution in [1.29, 1.82) is 0 Å². The highest BCUT2D eigenvalue weighted by atomic mass is 16.5. The van der Waals surface area contributed by atoms with Crippen molar-refractivity contribution in [2.24, 2.45) is 0 Å². The minimum absolute atomic E-state index is 0.00787. The number of hydrogen-bond donors (Lipinski definition) is 2. The fraction of sp³-hybridized carbons (Fsp3) is 0.231. The second-order valence-corrected chi connectivity index (χ2v) is 7.59. The van der Waals surface area contributed by atoms with Crippen LogP contribution in [-0.2, 0) is 13.0 Å². The van der Waals surface area contributed by atoms with Gasteiger partial charge in [0.2, 0.25) is 0 Å². The van der Waals surface area contributed by atoms with E-state index in [0.717, 1.165) is 12.0 Å². The van der Waals surface area contributed by atoms with Gasteiger partial charge in [0.15, 0.2) is 5.78 Å². The van der Waals surface area contributed by atoms with Gasteiger partial charge in [-0.15, -0.1) is 0 Å². The number of Topliss-reactive ketones (excluding diaryl/α,β-unsaturated/α-hetero) is 1. The van der Waals surface area contributed by atoms with E-state index in [4.69, 9.17) is 4.74 Å². The molecule has 0 spiro atoms. The molecule has 32 heavy (non-hydrogen) atoms. The van der Waals surface area contributed by atoms with Crippen molar-refractivity contribution in [3.63, 3.8) is 0 Å². The third kappa shape index (κ3) is 5.15. The van der Waals surface area contributed by atoms with Crippen LogP contribution in [0, 0.1) is 0 Å². The van der Waals surface area contributed by atoms with Crippen LogP contribution in [0.2, 0.25) is 0 Å². The summed E-state index contributed by atoms with van der Waals surface area (Å²) in [5.74, 6) is -1.01. The van der Waals surface area contributed by atoms with Gasteiger partial charge in [-0.1, -0.05) is 55.8 Å². The normalized spacial score (nSPS) is 11.7. The summed E-state index contributed by atoms with van der Waals surface area (Å²) >= 11 is 0. The average molecular weight is 433 g/mol. The number of carbonyl (C=O) groups is 2. The van der Waals surface area contributed by atoms with Crippen LogP contribution >= 0.6 is 0 Å². The van der Waals surface area contributed by atoms with Crippen LogP contribution in [0.5, 0.6) is 11.5 Å². The molecule has 0 aliphatic rings. The molecule has 0 fully saturated rings. The first-order chi connectivity index (χ1) is 15.3. The summed E-state index contributed by atoms with van der Waals surface area (Å²) in [5, 5.41) is 32.1. The molecule has 1 atom stereocenters. The third-order valence-corrected chi connectivity index (χ3v) is 5.25. The number of ketones is 1. The number of benzene rings is 3. The Morgan fingerprint density at radius 2 is 1.75 bits per heavy atom. The lowest BCUT2D eigenvalue weighted by atomic mass is 9.99. The quantitative estimate of drug-likeness (QED) is 0.500. The Bertz CT molecular complexity index is 1120. The average Bonchev–Trinajstić information content (AvgIpc) is 2.79. The number of phenols is 1. The van der Waals surface area contributed by atoms with Gasteiger partial charge < -0.3 is 24.9 Å². The molecule has 0 saturated heterocycles. The van der Waals surface area contributed by atoms with Crippen LogP contribution in [0.15, 0.2) is 60.7 Å². The minimum atomic E-state index is -1.30. The maximum absolute atomic E-state index is 11.7. The van der Waals surface area contributed by atoms with E-state index < -0.39 is 12.1 Å². The van der Waals surface area contributed by atoms with Gasteiger partial charge in [-0.2, -0.15) is 0 Å². The van der Waals surface area contributed by atoms with Crippen LogP contribution < -0.4 is 9.84 Å². The first-order valence-electron chi connectivity index (χ1n) is 10.4. The molecule has 0 radical (unpaired) electrons. The van der Waals surface area contributed by atoms with Crippen molar-refractivity contribution >= 4 is 11.8 Å². The van der Waals surface area contributed by atoms with Gasteiger partial charge >= 0.3 is 0 Å². The van der Waals surface area contributed by atoms with Crippen molar-refractivity contribution in [2.45, 2.75) is 39.4 Å². The maximum atomic E-state index is 11.7. The predicted molar refractivity (Wildman–Crippen MR) is 118 cm³/mol. The molecule has 0 bridgehead atoms. The highest BCUT2D eigenvalue weighted by Gasteiger charge is 2.16. The molecule has 6 nitrogen and oxygen atoms in total. The lowest BCUT2D eigenvalue weighted by Gasteiger charge is -2.16. The van der Waals surface area contributed by atoms with Crippen molar-refractivity contribution in [3.8, 4) is 11.5 Å². The molecule has 3 aromatic carbocycles. The summed E-state index contributed by atoms with van der Waals surface area (Å²) < 4.78 is 5.91. The van der Waals surface area contributed by atoms with Gasteiger partial charge in [-0.25, -0.2) is 0 Å². The van der Waals surface area contributed by atoms with Gasteiger partial charge in [0.05, 0.1) is 11.5 Å². The zero-order valence-electron chi connectivity index (χ0n) is 18.0. The molecule has 0 aliphatic heterocycles. The summed E-state index contributed by atoms with van der Waals surface area (Å²) in [6.07, 6.45) is 0.395. The number of phenolic OH excluding ortho intramolecular Hbond substituents is 1. The van der Waals surface area contributed by atoms with E-state index in [0.29, 0.717) is 28.9 Å². The molecular weight excluding hydrogens is 408 g/mol. The Labute approximate surface area is 186 Å². The number of carboxylic acids is 1. The Balaban J connectivity index is 1.74. The van der Waals surface area contributed by atoms with Crippen LogP contribution in [0.3, 0.4) is 0 Å². The summed E-state index contributed by atoms with van der Waals surface area (Å²) in [6, 6.07) is 16.4. The zero-order chi connectivity index (χ0) is 23.3. The predicted octanol–water partition coefficient (Wildman–Crippen LogP) is 3.57. The van der Waals surface area contributed by atoms with Crippen LogP contribution in [0.1, 0.15) is 69.3 Å². The lowest BCUT2D eigenvalue weighted by molar-refractivity contribution is -0.255. The van der Waals surface area contributed by atoms with Gasteiger partial charge in [0.25, 0.3) is 0 Å². The molecule has 0 aromatic heterocycles. The number of carbonyl (C=O) groups excluding carboxylic acids is 2. The summed E-state index contributed by atoms with van der Waals surface area (Å²) in [4.78, 5) is 22.7. The molecule has 1 unspecified atom stereocenters. The molecule has 0 aliphatic carbocycles. The minimum Gasteiger partial charge on any atom is -0.545 e. The molecule has 2 N–H and O–H groups in total. The molecule has 0 heterocycles. The van der Waals surface area contributed by atoms with E-state index in [1.807, 2.05) is 19.1 Å². The fourth-order valence-corrected chi connectivity index (χ4v) is 3.51. The molecule has 3 rings (SSSR count). The Morgan fingerprint density at radius 1 is 1.03 bits per heavy atom. The number of ether oxygens (including phenoxy) is 1. The van der Waals surface area contributed by atoms with E-state index in [9.17, 15) is 24.9 Å². The molecule has 0 amide bonds. The molecule has 0 saturated carbocycles. The second kappa shape index (κ2) is 10.1. The first-order valence-corrected chi connectivity index (χ1v) is 10.4. The number of aromatic hydroxyl groups is 1. The highest BCUT2D eigenvalue weighted by Crippen LogP contribution is 2.33.